The smallest absolute Gasteiger partial charge is 0.241 e. The summed E-state index contributed by atoms with van der Waals surface area (Å²) in [5, 5.41) is 3.01. The molecule has 0 radical (unpaired) electrons. The molecule has 1 aromatic carbocycles. The van der Waals surface area contributed by atoms with Crippen LogP contribution in [-0.4, -0.2) is 67.0 Å². The standard InChI is InChI=1S/C21H31N3O3/c1-3-17-4-6-19(7-5-17)22-20(25)16(2)23-10-8-18(9-11-23)21(26)24-12-14-27-15-13-24/h4-7,16,18H,3,8-15H2,1-2H3,(H,22,25)/t16-/m0/s1. The summed E-state index contributed by atoms with van der Waals surface area (Å²) in [5.41, 5.74) is 2.09. The predicted molar refractivity (Wildman–Crippen MR) is 106 cm³/mol. The maximum atomic E-state index is 12.6. The van der Waals surface area contributed by atoms with E-state index >= 15 is 0 Å². The zero-order valence-electron chi connectivity index (χ0n) is 16.4. The van der Waals surface area contributed by atoms with Gasteiger partial charge in [-0.15, -0.1) is 0 Å². The van der Waals surface area contributed by atoms with Gasteiger partial charge in [-0.25, -0.2) is 0 Å². The number of morpholine rings is 1. The quantitative estimate of drug-likeness (QED) is 0.859. The Bertz CT molecular complexity index is 633. The molecule has 27 heavy (non-hydrogen) atoms. The van der Waals surface area contributed by atoms with Gasteiger partial charge in [0, 0.05) is 24.7 Å². The normalized spacial score (nSPS) is 20.3. The van der Waals surface area contributed by atoms with Crippen molar-refractivity contribution in [2.45, 2.75) is 39.2 Å². The lowest BCUT2D eigenvalue weighted by atomic mass is 9.94. The number of aryl methyl sites for hydroxylation is 1. The largest absolute Gasteiger partial charge is 0.378 e. The third-order valence-corrected chi connectivity index (χ3v) is 5.76. The first-order valence-electron chi connectivity index (χ1n) is 10.1. The van der Waals surface area contributed by atoms with Gasteiger partial charge in [-0.05, 0) is 57.0 Å². The number of anilines is 1. The molecular weight excluding hydrogens is 342 g/mol. The van der Waals surface area contributed by atoms with Crippen molar-refractivity contribution in [3.05, 3.63) is 29.8 Å². The Balaban J connectivity index is 1.47. The van der Waals surface area contributed by atoms with Gasteiger partial charge in [0.25, 0.3) is 0 Å². The van der Waals surface area contributed by atoms with Crippen LogP contribution in [0, 0.1) is 5.92 Å². The molecule has 2 amide bonds. The van der Waals surface area contributed by atoms with Gasteiger partial charge in [-0.3, -0.25) is 14.5 Å². The highest BCUT2D eigenvalue weighted by molar-refractivity contribution is 5.94. The molecule has 1 N–H and O–H groups in total. The minimum Gasteiger partial charge on any atom is -0.378 e. The fourth-order valence-electron chi connectivity index (χ4n) is 3.81. The lowest BCUT2D eigenvalue weighted by Gasteiger charge is -2.37. The SMILES string of the molecule is CCc1ccc(NC(=O)[C@H](C)N2CCC(C(=O)N3CCOCC3)CC2)cc1. The Morgan fingerprint density at radius 3 is 2.33 bits per heavy atom. The number of hydrogen-bond donors (Lipinski definition) is 1. The Kier molecular flexibility index (Phi) is 6.85. The lowest BCUT2D eigenvalue weighted by Crippen LogP contribution is -2.50. The van der Waals surface area contributed by atoms with Gasteiger partial charge in [-0.1, -0.05) is 19.1 Å². The van der Waals surface area contributed by atoms with Crippen molar-refractivity contribution in [2.75, 3.05) is 44.7 Å². The van der Waals surface area contributed by atoms with Crippen molar-refractivity contribution < 1.29 is 14.3 Å². The number of amides is 2. The van der Waals surface area contributed by atoms with Gasteiger partial charge in [0.15, 0.2) is 0 Å². The minimum atomic E-state index is -0.199. The molecule has 0 aromatic heterocycles. The molecule has 0 unspecified atom stereocenters. The second kappa shape index (κ2) is 9.33. The number of carbonyl (C=O) groups excluding carboxylic acids is 2. The number of ether oxygens (including phenoxy) is 1. The molecule has 6 nitrogen and oxygen atoms in total. The Morgan fingerprint density at radius 2 is 1.74 bits per heavy atom. The number of piperidine rings is 1. The Labute approximate surface area is 161 Å². The maximum absolute atomic E-state index is 12.6. The van der Waals surface area contributed by atoms with E-state index in [1.54, 1.807) is 0 Å². The van der Waals surface area contributed by atoms with Gasteiger partial charge in [0.1, 0.15) is 0 Å². The number of hydrogen-bond acceptors (Lipinski definition) is 4. The average molecular weight is 373 g/mol. The summed E-state index contributed by atoms with van der Waals surface area (Å²) in [6.45, 7) is 8.31. The van der Waals surface area contributed by atoms with Crippen LogP contribution in [0.2, 0.25) is 0 Å². The minimum absolute atomic E-state index is 0.0113. The van der Waals surface area contributed by atoms with E-state index in [9.17, 15) is 9.59 Å². The Morgan fingerprint density at radius 1 is 1.11 bits per heavy atom. The van der Waals surface area contributed by atoms with Crippen LogP contribution in [0.1, 0.15) is 32.3 Å². The molecule has 2 heterocycles. The molecule has 0 spiro atoms. The highest BCUT2D eigenvalue weighted by atomic mass is 16.5. The van der Waals surface area contributed by atoms with Crippen molar-refractivity contribution in [1.29, 1.82) is 0 Å². The first kappa shape index (κ1) is 19.8. The van der Waals surface area contributed by atoms with Gasteiger partial charge in [-0.2, -0.15) is 0 Å². The second-order valence-corrected chi connectivity index (χ2v) is 7.46. The van der Waals surface area contributed by atoms with Crippen LogP contribution in [0.5, 0.6) is 0 Å². The number of likely N-dealkylation sites (tertiary alicyclic amines) is 1. The summed E-state index contributed by atoms with van der Waals surface area (Å²) in [5.74, 6) is 0.347. The van der Waals surface area contributed by atoms with Crippen LogP contribution < -0.4 is 5.32 Å². The summed E-state index contributed by atoms with van der Waals surface area (Å²) in [4.78, 5) is 29.3. The van der Waals surface area contributed by atoms with Crippen LogP contribution in [0.4, 0.5) is 5.69 Å². The molecule has 2 saturated heterocycles. The highest BCUT2D eigenvalue weighted by Gasteiger charge is 2.32. The number of rotatable bonds is 5. The van der Waals surface area contributed by atoms with E-state index in [1.807, 2.05) is 36.1 Å². The molecule has 1 atom stereocenters. The molecular formula is C21H31N3O3. The topological polar surface area (TPSA) is 61.9 Å². The fourth-order valence-corrected chi connectivity index (χ4v) is 3.81. The number of benzene rings is 1. The van der Waals surface area contributed by atoms with Crippen molar-refractivity contribution in [2.24, 2.45) is 5.92 Å². The van der Waals surface area contributed by atoms with Crippen LogP contribution in [0.3, 0.4) is 0 Å². The molecule has 3 rings (SSSR count). The summed E-state index contributed by atoms with van der Waals surface area (Å²) in [7, 11) is 0. The molecule has 2 fully saturated rings. The zero-order chi connectivity index (χ0) is 19.2. The Hall–Kier alpha value is -1.92. The lowest BCUT2D eigenvalue weighted by molar-refractivity contribution is -0.141. The van der Waals surface area contributed by atoms with Crippen molar-refractivity contribution >= 4 is 17.5 Å². The third-order valence-electron chi connectivity index (χ3n) is 5.76. The molecule has 6 heteroatoms. The van der Waals surface area contributed by atoms with E-state index in [2.05, 4.69) is 17.1 Å². The van der Waals surface area contributed by atoms with Crippen LogP contribution >= 0.6 is 0 Å². The molecule has 148 valence electrons. The fraction of sp³-hybridized carbons (Fsp3) is 0.619. The van der Waals surface area contributed by atoms with Gasteiger partial charge >= 0.3 is 0 Å². The number of carbonyl (C=O) groups is 2. The molecule has 0 aliphatic carbocycles. The molecule has 0 bridgehead atoms. The highest BCUT2D eigenvalue weighted by Crippen LogP contribution is 2.22. The van der Waals surface area contributed by atoms with Crippen molar-refractivity contribution in [1.82, 2.24) is 9.80 Å². The average Bonchev–Trinajstić information content (AvgIpc) is 2.74. The zero-order valence-corrected chi connectivity index (χ0v) is 16.4. The van der Waals surface area contributed by atoms with Crippen LogP contribution in [-0.2, 0) is 20.7 Å². The van der Waals surface area contributed by atoms with E-state index in [0.717, 1.165) is 38.0 Å². The predicted octanol–water partition coefficient (Wildman–Crippen LogP) is 2.15. The second-order valence-electron chi connectivity index (χ2n) is 7.46. The van der Waals surface area contributed by atoms with Gasteiger partial charge < -0.3 is 15.0 Å². The summed E-state index contributed by atoms with van der Waals surface area (Å²) < 4.78 is 5.33. The van der Waals surface area contributed by atoms with Gasteiger partial charge in [0.2, 0.25) is 11.8 Å². The van der Waals surface area contributed by atoms with Gasteiger partial charge in [0.05, 0.1) is 19.3 Å². The van der Waals surface area contributed by atoms with E-state index in [0.29, 0.717) is 26.3 Å². The number of nitrogens with zero attached hydrogens (tertiary/aromatic N) is 2. The third kappa shape index (κ3) is 5.08. The van der Waals surface area contributed by atoms with E-state index in [-0.39, 0.29) is 23.8 Å². The van der Waals surface area contributed by atoms with Crippen LogP contribution in [0.15, 0.2) is 24.3 Å². The van der Waals surface area contributed by atoms with Crippen LogP contribution in [0.25, 0.3) is 0 Å². The molecule has 0 saturated carbocycles. The first-order valence-corrected chi connectivity index (χ1v) is 10.1. The summed E-state index contributed by atoms with van der Waals surface area (Å²) >= 11 is 0. The first-order chi connectivity index (χ1) is 13.1. The maximum Gasteiger partial charge on any atom is 0.241 e. The van der Waals surface area contributed by atoms with E-state index in [4.69, 9.17) is 4.74 Å². The molecule has 1 aromatic rings. The number of nitrogens with one attached hydrogen (secondary N) is 1. The van der Waals surface area contributed by atoms with E-state index in [1.165, 1.54) is 5.56 Å². The van der Waals surface area contributed by atoms with Crippen molar-refractivity contribution in [3.63, 3.8) is 0 Å². The molecule has 2 aliphatic rings. The summed E-state index contributed by atoms with van der Waals surface area (Å²) in [6.07, 6.45) is 2.63. The summed E-state index contributed by atoms with van der Waals surface area (Å²) in [6, 6.07) is 7.80. The van der Waals surface area contributed by atoms with Crippen molar-refractivity contribution in [3.8, 4) is 0 Å². The van der Waals surface area contributed by atoms with E-state index < -0.39 is 0 Å². The molecule has 2 aliphatic heterocycles. The monoisotopic (exact) mass is 373 g/mol.